The van der Waals surface area contributed by atoms with Crippen molar-refractivity contribution in [2.24, 2.45) is 5.10 Å². The fraction of sp³-hybridized carbons (Fsp3) is 0.174. The minimum absolute atomic E-state index is 0.0735. The number of benzene rings is 3. The van der Waals surface area contributed by atoms with Crippen molar-refractivity contribution in [1.29, 1.82) is 0 Å². The fourth-order valence-electron chi connectivity index (χ4n) is 4.35. The molecule has 6 rings (SSSR count). The maximum atomic E-state index is 11.4. The molecular formula is C23H15Cl2N3O5. The zero-order chi connectivity index (χ0) is 22.7. The number of hydrogen-bond donors (Lipinski definition) is 0. The second-order valence-corrected chi connectivity index (χ2v) is 8.67. The van der Waals surface area contributed by atoms with Crippen LogP contribution in [0.3, 0.4) is 0 Å². The van der Waals surface area contributed by atoms with Crippen LogP contribution in [0.15, 0.2) is 59.7 Å². The van der Waals surface area contributed by atoms with E-state index < -0.39 is 11.2 Å². The Hall–Kier alpha value is -3.49. The van der Waals surface area contributed by atoms with Crippen molar-refractivity contribution in [1.82, 2.24) is 5.01 Å². The van der Waals surface area contributed by atoms with Gasteiger partial charge >= 0.3 is 0 Å². The van der Waals surface area contributed by atoms with Gasteiger partial charge in [0.25, 0.3) is 5.69 Å². The van der Waals surface area contributed by atoms with Crippen molar-refractivity contribution in [3.8, 4) is 17.2 Å². The Morgan fingerprint density at radius 1 is 0.970 bits per heavy atom. The molecule has 3 aromatic rings. The number of rotatable bonds is 3. The first kappa shape index (κ1) is 20.1. The molecule has 3 heterocycles. The molecule has 0 saturated carbocycles. The molecule has 0 aliphatic carbocycles. The Labute approximate surface area is 198 Å². The average Bonchev–Trinajstić information content (AvgIpc) is 3.46. The van der Waals surface area contributed by atoms with Gasteiger partial charge < -0.3 is 14.2 Å². The van der Waals surface area contributed by atoms with Crippen LogP contribution in [0.2, 0.25) is 10.0 Å². The SMILES string of the molecule is O=[N+]([O-])c1ccc(Cl)c(C2Oc3ccc(Cl)cc3C3CC(c4ccc5c(c4)OCO5)=NN32)c1. The van der Waals surface area contributed by atoms with E-state index in [0.29, 0.717) is 39.3 Å². The smallest absolute Gasteiger partial charge is 0.270 e. The van der Waals surface area contributed by atoms with E-state index in [1.165, 1.54) is 18.2 Å². The second kappa shape index (κ2) is 7.54. The van der Waals surface area contributed by atoms with E-state index in [-0.39, 0.29) is 18.5 Å². The molecule has 10 heteroatoms. The van der Waals surface area contributed by atoms with E-state index in [1.54, 1.807) is 17.1 Å². The summed E-state index contributed by atoms with van der Waals surface area (Å²) in [5.41, 5.74) is 2.99. The molecule has 0 saturated heterocycles. The first-order valence-corrected chi connectivity index (χ1v) is 10.9. The molecule has 3 aliphatic rings. The van der Waals surface area contributed by atoms with Gasteiger partial charge in [0.1, 0.15) is 5.75 Å². The summed E-state index contributed by atoms with van der Waals surface area (Å²) < 4.78 is 17.2. The highest BCUT2D eigenvalue weighted by molar-refractivity contribution is 6.31. The van der Waals surface area contributed by atoms with E-state index in [0.717, 1.165) is 16.8 Å². The Morgan fingerprint density at radius 3 is 2.64 bits per heavy atom. The van der Waals surface area contributed by atoms with Gasteiger partial charge in [-0.05, 0) is 42.5 Å². The molecule has 0 fully saturated rings. The number of fused-ring (bicyclic) bond motifs is 4. The van der Waals surface area contributed by atoms with Crippen molar-refractivity contribution in [2.75, 3.05) is 6.79 Å². The number of halogens is 2. The van der Waals surface area contributed by atoms with Crippen LogP contribution in [0, 0.1) is 10.1 Å². The zero-order valence-electron chi connectivity index (χ0n) is 16.9. The van der Waals surface area contributed by atoms with Gasteiger partial charge in [0, 0.05) is 45.3 Å². The Kier molecular flexibility index (Phi) is 4.60. The van der Waals surface area contributed by atoms with Gasteiger partial charge in [0.15, 0.2) is 11.5 Å². The molecule has 0 amide bonds. The predicted octanol–water partition coefficient (Wildman–Crippen LogP) is 5.87. The molecule has 3 aliphatic heterocycles. The van der Waals surface area contributed by atoms with Crippen LogP contribution in [0.25, 0.3) is 0 Å². The van der Waals surface area contributed by atoms with Gasteiger partial charge in [0.2, 0.25) is 13.0 Å². The van der Waals surface area contributed by atoms with E-state index in [1.807, 2.05) is 24.3 Å². The third-order valence-corrected chi connectivity index (χ3v) is 6.49. The van der Waals surface area contributed by atoms with Crippen molar-refractivity contribution in [3.63, 3.8) is 0 Å². The number of nitro benzene ring substituents is 1. The Bertz CT molecular complexity index is 1350. The van der Waals surface area contributed by atoms with Gasteiger partial charge in [0.05, 0.1) is 16.7 Å². The second-order valence-electron chi connectivity index (χ2n) is 7.83. The zero-order valence-corrected chi connectivity index (χ0v) is 18.4. The van der Waals surface area contributed by atoms with Crippen LogP contribution in [-0.4, -0.2) is 22.4 Å². The number of nitro groups is 1. The van der Waals surface area contributed by atoms with Gasteiger partial charge in [-0.1, -0.05) is 23.2 Å². The topological polar surface area (TPSA) is 86.4 Å². The summed E-state index contributed by atoms with van der Waals surface area (Å²) in [5, 5.41) is 19.0. The summed E-state index contributed by atoms with van der Waals surface area (Å²) in [6.45, 7) is 0.188. The van der Waals surface area contributed by atoms with Crippen LogP contribution in [0.4, 0.5) is 5.69 Å². The van der Waals surface area contributed by atoms with Crippen LogP contribution in [0.5, 0.6) is 17.2 Å². The highest BCUT2D eigenvalue weighted by Gasteiger charge is 2.42. The maximum Gasteiger partial charge on any atom is 0.270 e. The highest BCUT2D eigenvalue weighted by Crippen LogP contribution is 2.49. The summed E-state index contributed by atoms with van der Waals surface area (Å²) in [5.74, 6) is 1.99. The molecular weight excluding hydrogens is 469 g/mol. The first-order valence-electron chi connectivity index (χ1n) is 10.1. The largest absolute Gasteiger partial charge is 0.464 e. The van der Waals surface area contributed by atoms with Crippen LogP contribution in [0.1, 0.15) is 35.4 Å². The summed E-state index contributed by atoms with van der Waals surface area (Å²) in [6.07, 6.45) is -0.165. The molecule has 0 spiro atoms. The normalized spacial score (nSPS) is 20.1. The van der Waals surface area contributed by atoms with Gasteiger partial charge in [-0.3, -0.25) is 10.1 Å². The van der Waals surface area contributed by atoms with Crippen molar-refractivity contribution < 1.29 is 19.1 Å². The Morgan fingerprint density at radius 2 is 1.79 bits per heavy atom. The molecule has 2 unspecified atom stereocenters. The van der Waals surface area contributed by atoms with Crippen LogP contribution < -0.4 is 14.2 Å². The first-order chi connectivity index (χ1) is 16.0. The quantitative estimate of drug-likeness (QED) is 0.341. The summed E-state index contributed by atoms with van der Waals surface area (Å²) in [6, 6.07) is 15.2. The van der Waals surface area contributed by atoms with Gasteiger partial charge in [-0.25, -0.2) is 5.01 Å². The molecule has 0 bridgehead atoms. The lowest BCUT2D eigenvalue weighted by Crippen LogP contribution is -2.34. The summed E-state index contributed by atoms with van der Waals surface area (Å²) >= 11 is 12.7. The molecule has 33 heavy (non-hydrogen) atoms. The number of nitrogens with zero attached hydrogens (tertiary/aromatic N) is 3. The lowest BCUT2D eigenvalue weighted by atomic mass is 9.95. The minimum Gasteiger partial charge on any atom is -0.464 e. The van der Waals surface area contributed by atoms with E-state index in [4.69, 9.17) is 42.5 Å². The summed E-state index contributed by atoms with van der Waals surface area (Å²) in [7, 11) is 0. The monoisotopic (exact) mass is 483 g/mol. The molecule has 0 aromatic heterocycles. The lowest BCUT2D eigenvalue weighted by Gasteiger charge is -2.38. The van der Waals surface area contributed by atoms with Gasteiger partial charge in [-0.15, -0.1) is 0 Å². The van der Waals surface area contributed by atoms with Gasteiger partial charge in [-0.2, -0.15) is 5.10 Å². The van der Waals surface area contributed by atoms with Crippen molar-refractivity contribution in [3.05, 3.63) is 91.4 Å². The maximum absolute atomic E-state index is 11.4. The number of hydrazone groups is 1. The molecule has 3 aromatic carbocycles. The standard InChI is InChI=1S/C23H15Cl2N3O5/c24-13-2-6-20-16(8-13)19-10-18(12-1-5-21-22(7-12)32-11-31-21)26-27(19)23(33-20)15-9-14(28(29)30)3-4-17(15)25/h1-9,19,23H,10-11H2. The average molecular weight is 484 g/mol. The van der Waals surface area contributed by atoms with Crippen molar-refractivity contribution in [2.45, 2.75) is 18.7 Å². The highest BCUT2D eigenvalue weighted by atomic mass is 35.5. The number of hydrogen-bond acceptors (Lipinski definition) is 7. The fourth-order valence-corrected chi connectivity index (χ4v) is 4.74. The molecule has 0 N–H and O–H groups in total. The van der Waals surface area contributed by atoms with E-state index >= 15 is 0 Å². The molecule has 8 nitrogen and oxygen atoms in total. The third-order valence-electron chi connectivity index (χ3n) is 5.91. The summed E-state index contributed by atoms with van der Waals surface area (Å²) in [4.78, 5) is 10.9. The molecule has 166 valence electrons. The molecule has 2 atom stereocenters. The number of ether oxygens (including phenoxy) is 3. The van der Waals surface area contributed by atoms with Crippen LogP contribution in [-0.2, 0) is 0 Å². The number of non-ortho nitro benzene ring substituents is 1. The third kappa shape index (κ3) is 3.34. The lowest BCUT2D eigenvalue weighted by molar-refractivity contribution is -0.385. The van der Waals surface area contributed by atoms with Crippen LogP contribution >= 0.6 is 23.2 Å². The molecule has 0 radical (unpaired) electrons. The van der Waals surface area contributed by atoms with E-state index in [9.17, 15) is 10.1 Å². The van der Waals surface area contributed by atoms with Crippen molar-refractivity contribution >= 4 is 34.6 Å². The predicted molar refractivity (Wildman–Crippen MR) is 121 cm³/mol. The Balaban J connectivity index is 1.46. The van der Waals surface area contributed by atoms with E-state index in [2.05, 4.69) is 0 Å². The minimum atomic E-state index is -0.748.